The number of halogens is 3. The molecule has 0 saturated carbocycles. The van der Waals surface area contributed by atoms with Crippen molar-refractivity contribution in [3.8, 4) is 0 Å². The number of nitrogens with two attached hydrogens (primary N) is 1. The Balaban J connectivity index is 0.00000289. The molecule has 1 aliphatic rings. The highest BCUT2D eigenvalue weighted by Crippen LogP contribution is 2.32. The van der Waals surface area contributed by atoms with Crippen LogP contribution in [0.25, 0.3) is 10.9 Å². The Morgan fingerprint density at radius 1 is 1.16 bits per heavy atom. The first-order chi connectivity index (χ1) is 15.0. The van der Waals surface area contributed by atoms with Crippen LogP contribution in [0.15, 0.2) is 42.6 Å². The van der Waals surface area contributed by atoms with E-state index in [0.29, 0.717) is 67.7 Å². The molecule has 1 aliphatic heterocycles. The van der Waals surface area contributed by atoms with E-state index in [0.717, 1.165) is 5.56 Å². The molecule has 0 aliphatic carbocycles. The Hall–Kier alpha value is -2.48. The standard InChI is InChI=1S/C24H27F2N3O2.ClH/c1-31-12-11-29-15-20(18-3-2-4-22(26)23(18)29)24(30)28-9-7-17(8-10-28)19-13-16(14-27)5-6-21(19)25;/h2-6,13,15,17H,7-12,14,27H2,1H3;1H. The maximum absolute atomic E-state index is 14.5. The van der Waals surface area contributed by atoms with Gasteiger partial charge in [0.15, 0.2) is 0 Å². The van der Waals surface area contributed by atoms with Crippen molar-refractivity contribution in [2.24, 2.45) is 5.73 Å². The third-order valence-corrected chi connectivity index (χ3v) is 6.13. The molecule has 0 unspecified atom stereocenters. The first kappa shape index (κ1) is 24.2. The quantitative estimate of drug-likeness (QED) is 0.587. The van der Waals surface area contributed by atoms with Gasteiger partial charge in [0, 0.05) is 44.9 Å². The molecule has 1 fully saturated rings. The molecule has 0 spiro atoms. The Kier molecular flexibility index (Phi) is 7.87. The number of amides is 1. The summed E-state index contributed by atoms with van der Waals surface area (Å²) in [6.07, 6.45) is 3.06. The van der Waals surface area contributed by atoms with Crippen molar-refractivity contribution in [3.63, 3.8) is 0 Å². The summed E-state index contributed by atoms with van der Waals surface area (Å²) in [4.78, 5) is 15.1. The number of methoxy groups -OCH3 is 1. The molecule has 0 bridgehead atoms. The van der Waals surface area contributed by atoms with Crippen LogP contribution >= 0.6 is 12.4 Å². The normalized spacial score (nSPS) is 14.6. The number of benzene rings is 2. The van der Waals surface area contributed by atoms with Crippen molar-refractivity contribution in [2.45, 2.75) is 31.8 Å². The molecule has 1 aromatic heterocycles. The Bertz CT molecular complexity index is 1090. The summed E-state index contributed by atoms with van der Waals surface area (Å²) in [6.45, 7) is 2.30. The minimum Gasteiger partial charge on any atom is -0.383 e. The van der Waals surface area contributed by atoms with Crippen LogP contribution in [0.2, 0.25) is 0 Å². The van der Waals surface area contributed by atoms with Gasteiger partial charge in [-0.05, 0) is 42.0 Å². The van der Waals surface area contributed by atoms with Crippen LogP contribution in [0.4, 0.5) is 8.78 Å². The summed E-state index contributed by atoms with van der Waals surface area (Å²) in [5.41, 5.74) is 8.18. The first-order valence-electron chi connectivity index (χ1n) is 10.6. The van der Waals surface area contributed by atoms with Gasteiger partial charge in [-0.1, -0.05) is 24.3 Å². The Morgan fingerprint density at radius 3 is 2.59 bits per heavy atom. The van der Waals surface area contributed by atoms with Gasteiger partial charge >= 0.3 is 0 Å². The average Bonchev–Trinajstić information content (AvgIpc) is 3.17. The molecule has 2 heterocycles. The largest absolute Gasteiger partial charge is 0.383 e. The number of likely N-dealkylation sites (tertiary alicyclic amines) is 1. The van der Waals surface area contributed by atoms with Gasteiger partial charge in [0.2, 0.25) is 0 Å². The molecule has 8 heteroatoms. The van der Waals surface area contributed by atoms with Gasteiger partial charge in [-0.15, -0.1) is 12.4 Å². The third-order valence-electron chi connectivity index (χ3n) is 6.13. The van der Waals surface area contributed by atoms with Crippen LogP contribution in [0.3, 0.4) is 0 Å². The number of rotatable bonds is 6. The number of hydrogen-bond donors (Lipinski definition) is 1. The van der Waals surface area contributed by atoms with E-state index in [1.54, 1.807) is 41.0 Å². The molecule has 0 radical (unpaired) electrons. The van der Waals surface area contributed by atoms with Crippen LogP contribution in [-0.2, 0) is 17.8 Å². The zero-order valence-corrected chi connectivity index (χ0v) is 18.8. The number of para-hydroxylation sites is 1. The van der Waals surface area contributed by atoms with Crippen molar-refractivity contribution in [2.75, 3.05) is 26.8 Å². The van der Waals surface area contributed by atoms with Crippen molar-refractivity contribution in [3.05, 3.63) is 70.9 Å². The molecule has 2 aromatic carbocycles. The maximum atomic E-state index is 14.5. The van der Waals surface area contributed by atoms with Crippen LogP contribution < -0.4 is 5.73 Å². The number of carbonyl (C=O) groups excluding carboxylic acids is 1. The summed E-state index contributed by atoms with van der Waals surface area (Å²) in [6, 6.07) is 9.80. The van der Waals surface area contributed by atoms with Gasteiger partial charge in [-0.2, -0.15) is 0 Å². The number of aromatic nitrogens is 1. The Morgan fingerprint density at radius 2 is 1.91 bits per heavy atom. The van der Waals surface area contributed by atoms with Gasteiger partial charge < -0.3 is 19.9 Å². The van der Waals surface area contributed by atoms with E-state index in [2.05, 4.69) is 0 Å². The van der Waals surface area contributed by atoms with E-state index >= 15 is 0 Å². The SMILES string of the molecule is COCCn1cc(C(=O)N2CCC(c3cc(CN)ccc3F)CC2)c2cccc(F)c21.Cl. The van der Waals surface area contributed by atoms with Gasteiger partial charge in [0.05, 0.1) is 17.7 Å². The fourth-order valence-electron chi connectivity index (χ4n) is 4.45. The van der Waals surface area contributed by atoms with Crippen LogP contribution in [0.5, 0.6) is 0 Å². The van der Waals surface area contributed by atoms with Gasteiger partial charge in [-0.3, -0.25) is 4.79 Å². The van der Waals surface area contributed by atoms with E-state index in [-0.39, 0.29) is 35.9 Å². The zero-order chi connectivity index (χ0) is 22.0. The van der Waals surface area contributed by atoms with Crippen LogP contribution in [0, 0.1) is 11.6 Å². The number of hydrogen-bond acceptors (Lipinski definition) is 3. The number of fused-ring (bicyclic) bond motifs is 1. The van der Waals surface area contributed by atoms with E-state index in [9.17, 15) is 13.6 Å². The highest BCUT2D eigenvalue weighted by Gasteiger charge is 2.28. The molecule has 0 atom stereocenters. The second kappa shape index (κ2) is 10.4. The topological polar surface area (TPSA) is 60.5 Å². The van der Waals surface area contributed by atoms with Gasteiger partial charge in [0.1, 0.15) is 11.6 Å². The Labute approximate surface area is 192 Å². The second-order valence-corrected chi connectivity index (χ2v) is 7.99. The maximum Gasteiger partial charge on any atom is 0.256 e. The summed E-state index contributed by atoms with van der Waals surface area (Å²) >= 11 is 0. The lowest BCUT2D eigenvalue weighted by Gasteiger charge is -2.32. The molecule has 1 amide bonds. The molecule has 3 aromatic rings. The number of carbonyl (C=O) groups is 1. The van der Waals surface area contributed by atoms with E-state index < -0.39 is 0 Å². The number of piperidine rings is 1. The number of nitrogens with zero attached hydrogens (tertiary/aromatic N) is 2. The molecule has 1 saturated heterocycles. The highest BCUT2D eigenvalue weighted by atomic mass is 35.5. The smallest absolute Gasteiger partial charge is 0.256 e. The summed E-state index contributed by atoms with van der Waals surface area (Å²) in [5, 5.41) is 0.602. The van der Waals surface area contributed by atoms with E-state index in [1.165, 1.54) is 12.1 Å². The highest BCUT2D eigenvalue weighted by molar-refractivity contribution is 6.07. The zero-order valence-electron chi connectivity index (χ0n) is 18.0. The molecule has 5 nitrogen and oxygen atoms in total. The van der Waals surface area contributed by atoms with Crippen molar-refractivity contribution < 1.29 is 18.3 Å². The molecular weight excluding hydrogens is 436 g/mol. The minimum absolute atomic E-state index is 0. The number of ether oxygens (including phenoxy) is 1. The lowest BCUT2D eigenvalue weighted by atomic mass is 9.88. The van der Waals surface area contributed by atoms with Crippen molar-refractivity contribution in [1.82, 2.24) is 9.47 Å². The predicted molar refractivity (Wildman–Crippen MR) is 123 cm³/mol. The lowest BCUT2D eigenvalue weighted by Crippen LogP contribution is -2.38. The summed E-state index contributed by atoms with van der Waals surface area (Å²) in [5.74, 6) is -0.655. The third kappa shape index (κ3) is 4.65. The van der Waals surface area contributed by atoms with Crippen LogP contribution in [0.1, 0.15) is 40.2 Å². The molecule has 2 N–H and O–H groups in total. The van der Waals surface area contributed by atoms with Crippen LogP contribution in [-0.4, -0.2) is 42.2 Å². The van der Waals surface area contributed by atoms with E-state index in [4.69, 9.17) is 10.5 Å². The van der Waals surface area contributed by atoms with E-state index in [1.807, 2.05) is 6.07 Å². The monoisotopic (exact) mass is 463 g/mol. The summed E-state index contributed by atoms with van der Waals surface area (Å²) < 4.78 is 35.7. The van der Waals surface area contributed by atoms with Gasteiger partial charge in [0.25, 0.3) is 5.91 Å². The second-order valence-electron chi connectivity index (χ2n) is 7.99. The average molecular weight is 464 g/mol. The molecule has 32 heavy (non-hydrogen) atoms. The molecular formula is C24H28ClF2N3O2. The predicted octanol–water partition coefficient (Wildman–Crippen LogP) is 4.47. The fraction of sp³-hybridized carbons (Fsp3) is 0.375. The van der Waals surface area contributed by atoms with Crippen molar-refractivity contribution in [1.29, 1.82) is 0 Å². The molecule has 4 rings (SSSR count). The lowest BCUT2D eigenvalue weighted by molar-refractivity contribution is 0.0714. The summed E-state index contributed by atoms with van der Waals surface area (Å²) in [7, 11) is 1.59. The van der Waals surface area contributed by atoms with Crippen molar-refractivity contribution >= 4 is 29.2 Å². The van der Waals surface area contributed by atoms with Gasteiger partial charge in [-0.25, -0.2) is 8.78 Å². The fourth-order valence-corrected chi connectivity index (χ4v) is 4.45. The molecule has 172 valence electrons. The minimum atomic E-state index is -0.360. The first-order valence-corrected chi connectivity index (χ1v) is 10.6.